The molecule has 4 fully saturated rings. The molecular formula is C28H40N4O2. The van der Waals surface area contributed by atoms with Crippen molar-refractivity contribution in [3.63, 3.8) is 0 Å². The van der Waals surface area contributed by atoms with Gasteiger partial charge in [-0.3, -0.25) is 9.48 Å². The molecule has 0 aliphatic heterocycles. The quantitative estimate of drug-likeness (QED) is 0.599. The summed E-state index contributed by atoms with van der Waals surface area (Å²) in [5.41, 5.74) is 1.88. The lowest BCUT2D eigenvalue weighted by Gasteiger charge is -2.61. The highest BCUT2D eigenvalue weighted by molar-refractivity contribution is 5.82. The summed E-state index contributed by atoms with van der Waals surface area (Å²) in [7, 11) is 1.91. The van der Waals surface area contributed by atoms with E-state index in [9.17, 15) is 4.79 Å². The first kappa shape index (κ1) is 22.6. The van der Waals surface area contributed by atoms with Crippen LogP contribution in [-0.4, -0.2) is 39.2 Å². The average molecular weight is 465 g/mol. The smallest absolute Gasteiger partial charge is 0.199 e. The summed E-state index contributed by atoms with van der Waals surface area (Å²) < 4.78 is 7.70. The fourth-order valence-corrected chi connectivity index (χ4v) is 9.50. The number of carbonyl (C=O) groups is 1. The summed E-state index contributed by atoms with van der Waals surface area (Å²) in [6, 6.07) is 0. The van der Waals surface area contributed by atoms with E-state index >= 15 is 0 Å². The van der Waals surface area contributed by atoms with E-state index in [0.717, 1.165) is 42.2 Å². The van der Waals surface area contributed by atoms with Crippen LogP contribution in [0.25, 0.3) is 11.2 Å². The normalized spacial score (nSPS) is 41.6. The molecule has 2 aromatic heterocycles. The first-order valence-electron chi connectivity index (χ1n) is 13.6. The Hall–Kier alpha value is -1.82. The van der Waals surface area contributed by atoms with Gasteiger partial charge in [-0.25, -0.2) is 9.97 Å². The molecule has 0 spiro atoms. The summed E-state index contributed by atoms with van der Waals surface area (Å²) >= 11 is 0. The molecule has 34 heavy (non-hydrogen) atoms. The van der Waals surface area contributed by atoms with Crippen LogP contribution in [0.15, 0.2) is 18.6 Å². The van der Waals surface area contributed by atoms with Crippen LogP contribution in [0.3, 0.4) is 0 Å². The molecule has 0 N–H and O–H groups in total. The van der Waals surface area contributed by atoms with Crippen LogP contribution in [0.5, 0.6) is 0 Å². The van der Waals surface area contributed by atoms with E-state index in [1.165, 1.54) is 51.4 Å². The number of methoxy groups -OCH3 is 1. The molecular weight excluding hydrogens is 424 g/mol. The Labute approximate surface area is 203 Å². The molecule has 4 saturated carbocycles. The van der Waals surface area contributed by atoms with Crippen LogP contribution in [0.1, 0.15) is 71.6 Å². The molecule has 0 amide bonds. The van der Waals surface area contributed by atoms with Gasteiger partial charge in [0, 0.05) is 25.4 Å². The summed E-state index contributed by atoms with van der Waals surface area (Å²) in [5, 5.41) is 4.51. The second-order valence-electron chi connectivity index (χ2n) is 12.4. The van der Waals surface area contributed by atoms with Gasteiger partial charge in [-0.2, -0.15) is 5.10 Å². The van der Waals surface area contributed by atoms with Crippen molar-refractivity contribution in [1.29, 1.82) is 0 Å². The zero-order valence-electron chi connectivity index (χ0n) is 21.1. The molecule has 6 nitrogen and oxygen atoms in total. The zero-order valence-corrected chi connectivity index (χ0v) is 21.1. The number of hydrogen-bond donors (Lipinski definition) is 0. The Morgan fingerprint density at radius 1 is 1.09 bits per heavy atom. The van der Waals surface area contributed by atoms with Crippen LogP contribution in [0.2, 0.25) is 0 Å². The third kappa shape index (κ3) is 3.38. The van der Waals surface area contributed by atoms with Crippen molar-refractivity contribution in [1.82, 2.24) is 19.7 Å². The van der Waals surface area contributed by atoms with Crippen molar-refractivity contribution < 1.29 is 9.53 Å². The first-order chi connectivity index (χ1) is 16.4. The molecule has 4 aliphatic carbocycles. The van der Waals surface area contributed by atoms with Gasteiger partial charge in [0.25, 0.3) is 0 Å². The van der Waals surface area contributed by atoms with Gasteiger partial charge >= 0.3 is 0 Å². The molecule has 8 atom stereocenters. The van der Waals surface area contributed by atoms with Gasteiger partial charge in [0.15, 0.2) is 11.4 Å². The molecule has 0 saturated heterocycles. The van der Waals surface area contributed by atoms with Crippen LogP contribution >= 0.6 is 0 Å². The van der Waals surface area contributed by atoms with Gasteiger partial charge in [0.05, 0.1) is 19.3 Å². The van der Waals surface area contributed by atoms with Crippen molar-refractivity contribution in [3.05, 3.63) is 18.6 Å². The molecule has 6 heteroatoms. The minimum Gasteiger partial charge on any atom is -0.384 e. The fourth-order valence-electron chi connectivity index (χ4n) is 9.50. The molecule has 6 rings (SSSR count). The van der Waals surface area contributed by atoms with E-state index < -0.39 is 0 Å². The van der Waals surface area contributed by atoms with Crippen molar-refractivity contribution in [2.45, 2.75) is 78.2 Å². The Bertz CT molecular complexity index is 1030. The Kier molecular flexibility index (Phi) is 5.58. The van der Waals surface area contributed by atoms with E-state index in [-0.39, 0.29) is 11.3 Å². The van der Waals surface area contributed by atoms with Crippen molar-refractivity contribution in [3.8, 4) is 0 Å². The second kappa shape index (κ2) is 8.39. The number of hydrogen-bond acceptors (Lipinski definition) is 5. The fraction of sp³-hybridized carbons (Fsp3) is 0.786. The Morgan fingerprint density at radius 3 is 2.76 bits per heavy atom. The number of ether oxygens (including phenoxy) is 1. The topological polar surface area (TPSA) is 69.9 Å². The van der Waals surface area contributed by atoms with Crippen LogP contribution in [-0.2, 0) is 16.1 Å². The third-order valence-corrected chi connectivity index (χ3v) is 10.9. The molecule has 0 radical (unpaired) electrons. The van der Waals surface area contributed by atoms with Crippen molar-refractivity contribution in [2.75, 3.05) is 13.7 Å². The molecule has 0 bridgehead atoms. The Morgan fingerprint density at radius 2 is 1.94 bits per heavy atom. The highest BCUT2D eigenvalue weighted by Gasteiger charge is 2.62. The zero-order chi connectivity index (χ0) is 23.5. The lowest BCUT2D eigenvalue weighted by molar-refractivity contribution is -0.154. The number of rotatable bonds is 5. The van der Waals surface area contributed by atoms with Crippen LogP contribution in [0.4, 0.5) is 0 Å². The highest BCUT2D eigenvalue weighted by Crippen LogP contribution is 2.68. The minimum atomic E-state index is 0.129. The maximum atomic E-state index is 13.6. The lowest BCUT2D eigenvalue weighted by Crippen LogP contribution is -2.56. The number of ketones is 1. The van der Waals surface area contributed by atoms with Gasteiger partial charge in [-0.1, -0.05) is 20.3 Å². The number of nitrogens with zero attached hydrogens (tertiary/aromatic N) is 4. The summed E-state index contributed by atoms with van der Waals surface area (Å²) in [6.45, 7) is 6.17. The van der Waals surface area contributed by atoms with Gasteiger partial charge in [0.2, 0.25) is 0 Å². The van der Waals surface area contributed by atoms with Crippen molar-refractivity contribution in [2.24, 2.45) is 46.3 Å². The van der Waals surface area contributed by atoms with Crippen molar-refractivity contribution >= 4 is 16.9 Å². The van der Waals surface area contributed by atoms with Gasteiger partial charge in [-0.05, 0) is 91.8 Å². The summed E-state index contributed by atoms with van der Waals surface area (Å²) in [5.74, 6) is 4.40. The van der Waals surface area contributed by atoms with E-state index in [4.69, 9.17) is 4.74 Å². The highest BCUT2D eigenvalue weighted by atomic mass is 16.5. The van der Waals surface area contributed by atoms with Gasteiger partial charge < -0.3 is 4.74 Å². The van der Waals surface area contributed by atoms with Crippen LogP contribution in [0, 0.1) is 46.3 Å². The predicted octanol–water partition coefficient (Wildman–Crippen LogP) is 5.32. The number of carbonyl (C=O) groups excluding carboxylic acids is 1. The predicted molar refractivity (Wildman–Crippen MR) is 131 cm³/mol. The van der Waals surface area contributed by atoms with Gasteiger partial charge in [0.1, 0.15) is 5.52 Å². The SMILES string of the molecule is COCC12CCC(C)CC1CC[C@@H]1C2CC[C@]2(C)C(C(=O)Cn3cc4nccnc4n3)CCC12. The molecule has 2 aromatic rings. The molecule has 2 heterocycles. The summed E-state index contributed by atoms with van der Waals surface area (Å²) in [6.07, 6.45) is 16.7. The van der Waals surface area contributed by atoms with E-state index in [1.807, 2.05) is 13.3 Å². The standard InChI is InChI=1S/C28H40N4O2/c1-18-8-11-28(17-34-3)19(14-18)4-5-20-21-6-7-23(27(21,2)10-9-22(20)28)25(33)16-32-15-24-26(31-32)30-13-12-29-24/h12-13,15,18-23H,4-11,14,16-17H2,1-3H3/t18?,19?,20-,21?,22?,23?,27-,28?/m0/s1. The minimum absolute atomic E-state index is 0.129. The molecule has 184 valence electrons. The van der Waals surface area contributed by atoms with E-state index in [1.54, 1.807) is 17.1 Å². The number of fused-ring (bicyclic) bond motifs is 6. The van der Waals surface area contributed by atoms with E-state index in [0.29, 0.717) is 29.3 Å². The molecule has 6 unspecified atom stereocenters. The molecule has 0 aromatic carbocycles. The average Bonchev–Trinajstić information content (AvgIpc) is 3.39. The van der Waals surface area contributed by atoms with Gasteiger partial charge in [-0.15, -0.1) is 0 Å². The number of Topliss-reactive ketones (excluding diaryl/α,β-unsaturated/α-hetero) is 1. The number of aromatic nitrogens is 4. The van der Waals surface area contributed by atoms with Crippen LogP contribution < -0.4 is 0 Å². The molecule has 4 aliphatic rings. The second-order valence-corrected chi connectivity index (χ2v) is 12.4. The lowest BCUT2D eigenvalue weighted by atomic mass is 9.44. The first-order valence-corrected chi connectivity index (χ1v) is 13.6. The Balaban J connectivity index is 1.23. The third-order valence-electron chi connectivity index (χ3n) is 10.9. The maximum Gasteiger partial charge on any atom is 0.199 e. The van der Waals surface area contributed by atoms with E-state index in [2.05, 4.69) is 28.9 Å². The monoisotopic (exact) mass is 464 g/mol. The summed E-state index contributed by atoms with van der Waals surface area (Å²) in [4.78, 5) is 22.2. The maximum absolute atomic E-state index is 13.6. The largest absolute Gasteiger partial charge is 0.384 e.